The van der Waals surface area contributed by atoms with E-state index >= 15 is 0 Å². The summed E-state index contributed by atoms with van der Waals surface area (Å²) in [5.41, 5.74) is 8.82. The third-order valence-corrected chi connectivity index (χ3v) is 3.61. The van der Waals surface area contributed by atoms with Gasteiger partial charge in [-0.1, -0.05) is 27.7 Å². The van der Waals surface area contributed by atoms with Gasteiger partial charge in [-0.25, -0.2) is 0 Å². The molecule has 1 aromatic heterocycles. The summed E-state index contributed by atoms with van der Waals surface area (Å²) in [7, 11) is 0. The standard InChI is InChI=1S/C16H31N3O/c1-7-12-10-13(19(8-2)18-12)11-14(17)15(20-9-3)16(4,5)6/h10,14-15H,7-9,11,17H2,1-6H3. The summed E-state index contributed by atoms with van der Waals surface area (Å²) in [6.45, 7) is 14.4. The van der Waals surface area contributed by atoms with Gasteiger partial charge in [-0.3, -0.25) is 4.68 Å². The molecule has 4 heteroatoms. The molecule has 2 unspecified atom stereocenters. The molecule has 0 aromatic carbocycles. The van der Waals surface area contributed by atoms with Crippen LogP contribution >= 0.6 is 0 Å². The van der Waals surface area contributed by atoms with E-state index in [1.165, 1.54) is 5.69 Å². The SMILES string of the molecule is CCOC(C(N)Cc1cc(CC)nn1CC)C(C)(C)C. The fourth-order valence-corrected chi connectivity index (χ4v) is 2.67. The van der Waals surface area contributed by atoms with E-state index in [0.717, 1.165) is 25.1 Å². The zero-order chi connectivity index (χ0) is 15.3. The Kier molecular flexibility index (Phi) is 6.21. The molecule has 0 aliphatic carbocycles. The number of nitrogens with zero attached hydrogens (tertiary/aromatic N) is 2. The highest BCUT2D eigenvalue weighted by Gasteiger charge is 2.31. The van der Waals surface area contributed by atoms with Crippen molar-refractivity contribution in [3.05, 3.63) is 17.5 Å². The van der Waals surface area contributed by atoms with Gasteiger partial charge in [-0.15, -0.1) is 0 Å². The topological polar surface area (TPSA) is 53.1 Å². The Balaban J connectivity index is 2.87. The van der Waals surface area contributed by atoms with Crippen molar-refractivity contribution in [2.24, 2.45) is 11.1 Å². The average Bonchev–Trinajstić information content (AvgIpc) is 2.76. The molecule has 0 fully saturated rings. The molecule has 1 rings (SSSR count). The highest BCUT2D eigenvalue weighted by Crippen LogP contribution is 2.26. The van der Waals surface area contributed by atoms with Crippen LogP contribution in [-0.4, -0.2) is 28.5 Å². The maximum absolute atomic E-state index is 6.43. The van der Waals surface area contributed by atoms with Gasteiger partial charge in [0.05, 0.1) is 11.8 Å². The first kappa shape index (κ1) is 17.2. The summed E-state index contributed by atoms with van der Waals surface area (Å²) in [4.78, 5) is 0. The quantitative estimate of drug-likeness (QED) is 0.836. The normalized spacial score (nSPS) is 15.3. The predicted molar refractivity (Wildman–Crippen MR) is 83.8 cm³/mol. The molecule has 0 amide bonds. The molecule has 20 heavy (non-hydrogen) atoms. The van der Waals surface area contributed by atoms with Crippen molar-refractivity contribution in [1.82, 2.24) is 9.78 Å². The van der Waals surface area contributed by atoms with Crippen LogP contribution in [0.4, 0.5) is 0 Å². The van der Waals surface area contributed by atoms with Crippen molar-refractivity contribution < 1.29 is 4.74 Å². The highest BCUT2D eigenvalue weighted by molar-refractivity contribution is 5.12. The van der Waals surface area contributed by atoms with Crippen LogP contribution in [0.2, 0.25) is 0 Å². The van der Waals surface area contributed by atoms with Gasteiger partial charge in [0.1, 0.15) is 0 Å². The molecular weight excluding hydrogens is 250 g/mol. The molecule has 0 bridgehead atoms. The summed E-state index contributed by atoms with van der Waals surface area (Å²) in [5.74, 6) is 0. The van der Waals surface area contributed by atoms with Crippen molar-refractivity contribution >= 4 is 0 Å². The minimum absolute atomic E-state index is 0.0124. The van der Waals surface area contributed by atoms with Crippen molar-refractivity contribution in [3.8, 4) is 0 Å². The molecule has 116 valence electrons. The van der Waals surface area contributed by atoms with E-state index < -0.39 is 0 Å². The highest BCUT2D eigenvalue weighted by atomic mass is 16.5. The fourth-order valence-electron chi connectivity index (χ4n) is 2.67. The van der Waals surface area contributed by atoms with Crippen LogP contribution in [0.3, 0.4) is 0 Å². The van der Waals surface area contributed by atoms with Crippen LogP contribution in [0.1, 0.15) is 52.9 Å². The Morgan fingerprint density at radius 1 is 1.30 bits per heavy atom. The third kappa shape index (κ3) is 4.32. The van der Waals surface area contributed by atoms with Crippen molar-refractivity contribution in [3.63, 3.8) is 0 Å². The Labute approximate surface area is 123 Å². The second-order valence-corrected chi connectivity index (χ2v) is 6.41. The molecule has 1 aromatic rings. The molecule has 0 aliphatic rings. The van der Waals surface area contributed by atoms with Gasteiger partial charge in [0.25, 0.3) is 0 Å². The molecule has 1 heterocycles. The van der Waals surface area contributed by atoms with E-state index in [9.17, 15) is 0 Å². The third-order valence-electron chi connectivity index (χ3n) is 3.61. The second-order valence-electron chi connectivity index (χ2n) is 6.41. The Hall–Kier alpha value is -0.870. The average molecular weight is 281 g/mol. The lowest BCUT2D eigenvalue weighted by atomic mass is 9.83. The molecule has 0 saturated carbocycles. The van der Waals surface area contributed by atoms with Gasteiger partial charge >= 0.3 is 0 Å². The second kappa shape index (κ2) is 7.23. The fraction of sp³-hybridized carbons (Fsp3) is 0.812. The lowest BCUT2D eigenvalue weighted by molar-refractivity contribution is -0.0277. The molecule has 2 N–H and O–H groups in total. The molecular formula is C16H31N3O. The van der Waals surface area contributed by atoms with E-state index in [0.29, 0.717) is 6.61 Å². The number of aryl methyl sites for hydroxylation is 2. The van der Waals surface area contributed by atoms with Gasteiger partial charge in [-0.05, 0) is 31.7 Å². The minimum Gasteiger partial charge on any atom is -0.376 e. The largest absolute Gasteiger partial charge is 0.376 e. The summed E-state index contributed by atoms with van der Waals surface area (Å²) in [5, 5.41) is 4.59. The summed E-state index contributed by atoms with van der Waals surface area (Å²) >= 11 is 0. The van der Waals surface area contributed by atoms with E-state index in [2.05, 4.69) is 50.5 Å². The maximum Gasteiger partial charge on any atom is 0.0777 e. The zero-order valence-corrected chi connectivity index (χ0v) is 13.9. The first-order valence-electron chi connectivity index (χ1n) is 7.76. The molecule has 0 spiro atoms. The first-order chi connectivity index (χ1) is 9.33. The number of ether oxygens (including phenoxy) is 1. The Morgan fingerprint density at radius 3 is 2.40 bits per heavy atom. The zero-order valence-electron chi connectivity index (χ0n) is 13.9. The minimum atomic E-state index is -0.0124. The molecule has 4 nitrogen and oxygen atoms in total. The summed E-state index contributed by atoms with van der Waals surface area (Å²) < 4.78 is 7.95. The first-order valence-corrected chi connectivity index (χ1v) is 7.76. The predicted octanol–water partition coefficient (Wildman–Crippen LogP) is 2.79. The Bertz CT molecular complexity index is 406. The molecule has 0 saturated heterocycles. The van der Waals surface area contributed by atoms with E-state index in [1.54, 1.807) is 0 Å². The summed E-state index contributed by atoms with van der Waals surface area (Å²) in [6, 6.07) is 2.16. The lowest BCUT2D eigenvalue weighted by Gasteiger charge is -2.35. The number of hydrogen-bond donors (Lipinski definition) is 1. The lowest BCUT2D eigenvalue weighted by Crippen LogP contribution is -2.46. The van der Waals surface area contributed by atoms with Gasteiger partial charge in [0.2, 0.25) is 0 Å². The van der Waals surface area contributed by atoms with Gasteiger partial charge < -0.3 is 10.5 Å². The van der Waals surface area contributed by atoms with Crippen LogP contribution in [0.25, 0.3) is 0 Å². The van der Waals surface area contributed by atoms with E-state index in [1.807, 2.05) is 6.92 Å². The molecule has 0 aliphatic heterocycles. The van der Waals surface area contributed by atoms with Crippen LogP contribution in [0, 0.1) is 5.41 Å². The number of nitrogens with two attached hydrogens (primary N) is 1. The molecule has 2 atom stereocenters. The monoisotopic (exact) mass is 281 g/mol. The summed E-state index contributed by atoms with van der Waals surface area (Å²) in [6.07, 6.45) is 1.82. The van der Waals surface area contributed by atoms with Gasteiger partial charge in [0.15, 0.2) is 0 Å². The number of hydrogen-bond acceptors (Lipinski definition) is 3. The van der Waals surface area contributed by atoms with Gasteiger partial charge in [0, 0.05) is 31.3 Å². The Morgan fingerprint density at radius 2 is 1.95 bits per heavy atom. The van der Waals surface area contributed by atoms with Crippen LogP contribution in [0.15, 0.2) is 6.07 Å². The van der Waals surface area contributed by atoms with E-state index in [4.69, 9.17) is 10.5 Å². The van der Waals surface area contributed by atoms with Crippen molar-refractivity contribution in [2.45, 2.75) is 73.1 Å². The van der Waals surface area contributed by atoms with E-state index in [-0.39, 0.29) is 17.6 Å². The van der Waals surface area contributed by atoms with Crippen LogP contribution < -0.4 is 5.73 Å². The van der Waals surface area contributed by atoms with Crippen LogP contribution in [0.5, 0.6) is 0 Å². The number of rotatable bonds is 7. The van der Waals surface area contributed by atoms with Crippen molar-refractivity contribution in [2.75, 3.05) is 6.61 Å². The smallest absolute Gasteiger partial charge is 0.0777 e. The molecule has 0 radical (unpaired) electrons. The van der Waals surface area contributed by atoms with Gasteiger partial charge in [-0.2, -0.15) is 5.10 Å². The number of aromatic nitrogens is 2. The van der Waals surface area contributed by atoms with Crippen LogP contribution in [-0.2, 0) is 24.1 Å². The maximum atomic E-state index is 6.43. The van der Waals surface area contributed by atoms with Crippen molar-refractivity contribution in [1.29, 1.82) is 0 Å².